The molecular weight excluding hydrogens is 230 g/mol. The number of nitrogens with two attached hydrogens (primary N) is 1. The molecule has 0 aliphatic heterocycles. The Hall–Kier alpha value is -1.23. The standard InChI is InChI=1S/C13H17N3S/c1-16(9-12-4-2-3-6-15-12)13(8-14)11-5-7-17-10-11/h2-7,10,13H,8-9,14H2,1H3. The highest BCUT2D eigenvalue weighted by atomic mass is 32.1. The molecule has 0 aromatic carbocycles. The maximum Gasteiger partial charge on any atom is 0.0544 e. The fourth-order valence-electron chi connectivity index (χ4n) is 1.89. The molecule has 0 spiro atoms. The van der Waals surface area contributed by atoms with Crippen molar-refractivity contribution in [2.75, 3.05) is 13.6 Å². The van der Waals surface area contributed by atoms with Gasteiger partial charge in [-0.15, -0.1) is 0 Å². The van der Waals surface area contributed by atoms with E-state index in [4.69, 9.17) is 5.73 Å². The summed E-state index contributed by atoms with van der Waals surface area (Å²) in [6.45, 7) is 1.44. The number of rotatable bonds is 5. The third-order valence-electron chi connectivity index (χ3n) is 2.82. The third-order valence-corrected chi connectivity index (χ3v) is 3.52. The Bertz CT molecular complexity index is 427. The topological polar surface area (TPSA) is 42.2 Å². The molecule has 0 saturated heterocycles. The first-order valence-electron chi connectivity index (χ1n) is 5.63. The van der Waals surface area contributed by atoms with E-state index < -0.39 is 0 Å². The lowest BCUT2D eigenvalue weighted by atomic mass is 10.1. The second-order valence-corrected chi connectivity index (χ2v) is 4.82. The molecule has 0 saturated carbocycles. The monoisotopic (exact) mass is 247 g/mol. The molecule has 0 aliphatic carbocycles. The number of hydrogen-bond acceptors (Lipinski definition) is 4. The van der Waals surface area contributed by atoms with Crippen LogP contribution in [-0.2, 0) is 6.54 Å². The summed E-state index contributed by atoms with van der Waals surface area (Å²) < 4.78 is 0. The van der Waals surface area contributed by atoms with Gasteiger partial charge < -0.3 is 5.73 Å². The van der Waals surface area contributed by atoms with E-state index >= 15 is 0 Å². The van der Waals surface area contributed by atoms with Crippen molar-refractivity contribution >= 4 is 11.3 Å². The van der Waals surface area contributed by atoms with Gasteiger partial charge in [0.25, 0.3) is 0 Å². The quantitative estimate of drug-likeness (QED) is 0.881. The van der Waals surface area contributed by atoms with E-state index in [-0.39, 0.29) is 6.04 Å². The molecule has 3 nitrogen and oxygen atoms in total. The van der Waals surface area contributed by atoms with Crippen LogP contribution in [-0.4, -0.2) is 23.5 Å². The SMILES string of the molecule is CN(Cc1ccccn1)C(CN)c1ccsc1. The minimum absolute atomic E-state index is 0.267. The van der Waals surface area contributed by atoms with Gasteiger partial charge >= 0.3 is 0 Å². The van der Waals surface area contributed by atoms with Crippen LogP contribution in [0.4, 0.5) is 0 Å². The Morgan fingerprint density at radius 2 is 2.29 bits per heavy atom. The van der Waals surface area contributed by atoms with Crippen molar-refractivity contribution in [1.29, 1.82) is 0 Å². The number of thiophene rings is 1. The molecule has 2 aromatic rings. The molecule has 2 aromatic heterocycles. The molecule has 2 N–H and O–H groups in total. The maximum absolute atomic E-state index is 5.86. The molecule has 90 valence electrons. The normalized spacial score (nSPS) is 12.9. The van der Waals surface area contributed by atoms with Crippen LogP contribution in [0.1, 0.15) is 17.3 Å². The number of likely N-dealkylation sites (N-methyl/N-ethyl adjacent to an activating group) is 1. The Balaban J connectivity index is 2.06. The number of nitrogens with zero attached hydrogens (tertiary/aromatic N) is 2. The molecule has 17 heavy (non-hydrogen) atoms. The molecule has 0 amide bonds. The van der Waals surface area contributed by atoms with Crippen LogP contribution in [0.15, 0.2) is 41.2 Å². The van der Waals surface area contributed by atoms with Crippen LogP contribution in [0.5, 0.6) is 0 Å². The van der Waals surface area contributed by atoms with Crippen molar-refractivity contribution in [3.63, 3.8) is 0 Å². The Kier molecular flexibility index (Phi) is 4.25. The Morgan fingerprint density at radius 3 is 2.88 bits per heavy atom. The minimum atomic E-state index is 0.267. The molecule has 1 unspecified atom stereocenters. The van der Waals surface area contributed by atoms with Crippen LogP contribution in [0.3, 0.4) is 0 Å². The Labute approximate surface area is 106 Å². The van der Waals surface area contributed by atoms with Crippen LogP contribution >= 0.6 is 11.3 Å². The van der Waals surface area contributed by atoms with E-state index in [1.807, 2.05) is 24.4 Å². The van der Waals surface area contributed by atoms with Crippen LogP contribution < -0.4 is 5.73 Å². The minimum Gasteiger partial charge on any atom is -0.329 e. The van der Waals surface area contributed by atoms with Gasteiger partial charge in [0.1, 0.15) is 0 Å². The van der Waals surface area contributed by atoms with Gasteiger partial charge in [-0.1, -0.05) is 6.07 Å². The van der Waals surface area contributed by atoms with Crippen LogP contribution in [0, 0.1) is 0 Å². The van der Waals surface area contributed by atoms with Crippen LogP contribution in [0.25, 0.3) is 0 Å². The van der Waals surface area contributed by atoms with E-state index in [1.165, 1.54) is 5.56 Å². The maximum atomic E-state index is 5.86. The highest BCUT2D eigenvalue weighted by Crippen LogP contribution is 2.21. The van der Waals surface area contributed by atoms with Gasteiger partial charge in [0.05, 0.1) is 5.69 Å². The van der Waals surface area contributed by atoms with Gasteiger partial charge in [0, 0.05) is 25.3 Å². The summed E-state index contributed by atoms with van der Waals surface area (Å²) in [6.07, 6.45) is 1.82. The first-order valence-corrected chi connectivity index (χ1v) is 6.58. The van der Waals surface area contributed by atoms with Gasteiger partial charge in [-0.05, 0) is 41.6 Å². The van der Waals surface area contributed by atoms with Crippen molar-refractivity contribution < 1.29 is 0 Å². The lowest BCUT2D eigenvalue weighted by Crippen LogP contribution is -2.30. The van der Waals surface area contributed by atoms with Crippen molar-refractivity contribution in [1.82, 2.24) is 9.88 Å². The summed E-state index contributed by atoms with van der Waals surface area (Å²) in [6, 6.07) is 8.39. The molecule has 4 heteroatoms. The smallest absolute Gasteiger partial charge is 0.0544 e. The second kappa shape index (κ2) is 5.91. The fourth-order valence-corrected chi connectivity index (χ4v) is 2.60. The number of pyridine rings is 1. The number of aromatic nitrogens is 1. The van der Waals surface area contributed by atoms with E-state index in [9.17, 15) is 0 Å². The largest absolute Gasteiger partial charge is 0.329 e. The van der Waals surface area contributed by atoms with Gasteiger partial charge in [0.15, 0.2) is 0 Å². The lowest BCUT2D eigenvalue weighted by molar-refractivity contribution is 0.239. The first-order chi connectivity index (χ1) is 8.31. The molecule has 0 radical (unpaired) electrons. The van der Waals surface area contributed by atoms with E-state index in [1.54, 1.807) is 11.3 Å². The molecule has 1 atom stereocenters. The van der Waals surface area contributed by atoms with E-state index in [0.29, 0.717) is 6.54 Å². The van der Waals surface area contributed by atoms with Crippen LogP contribution in [0.2, 0.25) is 0 Å². The van der Waals surface area contributed by atoms with Crippen molar-refractivity contribution in [3.05, 3.63) is 52.5 Å². The number of hydrogen-bond donors (Lipinski definition) is 1. The predicted octanol–water partition coefficient (Wildman–Crippen LogP) is 2.27. The highest BCUT2D eigenvalue weighted by Gasteiger charge is 2.16. The van der Waals surface area contributed by atoms with Crippen molar-refractivity contribution in [3.8, 4) is 0 Å². The van der Waals surface area contributed by atoms with Gasteiger partial charge in [-0.3, -0.25) is 9.88 Å². The fraction of sp³-hybridized carbons (Fsp3) is 0.308. The lowest BCUT2D eigenvalue weighted by Gasteiger charge is -2.26. The molecule has 0 aliphatic rings. The average molecular weight is 247 g/mol. The molecular formula is C13H17N3S. The zero-order valence-corrected chi connectivity index (χ0v) is 10.7. The predicted molar refractivity (Wildman–Crippen MR) is 71.8 cm³/mol. The average Bonchev–Trinajstić information content (AvgIpc) is 2.85. The van der Waals surface area contributed by atoms with Crippen molar-refractivity contribution in [2.45, 2.75) is 12.6 Å². The molecule has 0 bridgehead atoms. The summed E-state index contributed by atoms with van der Waals surface area (Å²) in [7, 11) is 2.09. The van der Waals surface area contributed by atoms with E-state index in [2.05, 4.69) is 33.8 Å². The molecule has 2 rings (SSSR count). The second-order valence-electron chi connectivity index (χ2n) is 4.04. The van der Waals surface area contributed by atoms with Gasteiger partial charge in [0.2, 0.25) is 0 Å². The first kappa shape index (κ1) is 12.2. The summed E-state index contributed by atoms with van der Waals surface area (Å²) in [5.41, 5.74) is 8.22. The molecule has 0 fully saturated rings. The zero-order chi connectivity index (χ0) is 12.1. The highest BCUT2D eigenvalue weighted by molar-refractivity contribution is 7.07. The van der Waals surface area contributed by atoms with Gasteiger partial charge in [-0.2, -0.15) is 11.3 Å². The summed E-state index contributed by atoms with van der Waals surface area (Å²) in [5.74, 6) is 0. The Morgan fingerprint density at radius 1 is 1.41 bits per heavy atom. The molecule has 2 heterocycles. The third kappa shape index (κ3) is 3.12. The summed E-state index contributed by atoms with van der Waals surface area (Å²) in [4.78, 5) is 6.58. The summed E-state index contributed by atoms with van der Waals surface area (Å²) in [5, 5.41) is 4.25. The zero-order valence-electron chi connectivity index (χ0n) is 9.91. The summed E-state index contributed by atoms with van der Waals surface area (Å²) >= 11 is 1.71. The van der Waals surface area contributed by atoms with Crippen molar-refractivity contribution in [2.24, 2.45) is 5.73 Å². The van der Waals surface area contributed by atoms with E-state index in [0.717, 1.165) is 12.2 Å². The van der Waals surface area contributed by atoms with Gasteiger partial charge in [-0.25, -0.2) is 0 Å².